The molecule has 0 N–H and O–H groups in total. The third-order valence-electron chi connectivity index (χ3n) is 4.21. The molecule has 0 amide bonds. The van der Waals surface area contributed by atoms with E-state index in [1.807, 2.05) is 36.5 Å². The van der Waals surface area contributed by atoms with Gasteiger partial charge in [0.1, 0.15) is 5.01 Å². The highest BCUT2D eigenvalue weighted by atomic mass is 32.1. The summed E-state index contributed by atoms with van der Waals surface area (Å²) in [5.74, 6) is 0. The van der Waals surface area contributed by atoms with Crippen molar-refractivity contribution in [3.05, 3.63) is 71.5 Å². The van der Waals surface area contributed by atoms with Crippen LogP contribution in [0.2, 0.25) is 0 Å². The van der Waals surface area contributed by atoms with E-state index in [9.17, 15) is 0 Å². The molecule has 3 heterocycles. The second-order valence-corrected chi connectivity index (χ2v) is 6.68. The molecule has 0 saturated carbocycles. The van der Waals surface area contributed by atoms with Crippen LogP contribution in [0.1, 0.15) is 17.4 Å². The Morgan fingerprint density at radius 3 is 2.83 bits per heavy atom. The zero-order chi connectivity index (χ0) is 16.2. The first kappa shape index (κ1) is 15.4. The van der Waals surface area contributed by atoms with Gasteiger partial charge in [-0.1, -0.05) is 36.4 Å². The van der Waals surface area contributed by atoms with Crippen molar-refractivity contribution in [2.45, 2.75) is 12.6 Å². The maximum absolute atomic E-state index is 5.72. The molecule has 1 atom stereocenters. The molecule has 1 aliphatic rings. The normalized spacial score (nSPS) is 18.6. The molecule has 1 saturated heterocycles. The number of pyridine rings is 1. The smallest absolute Gasteiger partial charge is 0.123 e. The third-order valence-corrected chi connectivity index (χ3v) is 5.12. The molecular formula is C19H19N3OS. The van der Waals surface area contributed by atoms with E-state index in [4.69, 9.17) is 9.72 Å². The first-order valence-electron chi connectivity index (χ1n) is 8.13. The zero-order valence-electron chi connectivity index (χ0n) is 13.3. The summed E-state index contributed by atoms with van der Waals surface area (Å²) >= 11 is 1.70. The van der Waals surface area contributed by atoms with Gasteiger partial charge in [-0.05, 0) is 12.1 Å². The molecule has 4 nitrogen and oxygen atoms in total. The van der Waals surface area contributed by atoms with Crippen LogP contribution in [0.25, 0.3) is 10.6 Å². The molecule has 0 unspecified atom stereocenters. The van der Waals surface area contributed by atoms with Crippen LogP contribution in [0.3, 0.4) is 0 Å². The van der Waals surface area contributed by atoms with Gasteiger partial charge < -0.3 is 4.74 Å². The highest BCUT2D eigenvalue weighted by Crippen LogP contribution is 2.30. The molecule has 122 valence electrons. The lowest BCUT2D eigenvalue weighted by Crippen LogP contribution is -2.39. The van der Waals surface area contributed by atoms with Crippen molar-refractivity contribution < 1.29 is 4.74 Å². The zero-order valence-corrected chi connectivity index (χ0v) is 14.2. The Balaban J connectivity index is 1.56. The van der Waals surface area contributed by atoms with E-state index in [1.54, 1.807) is 11.3 Å². The molecule has 0 spiro atoms. The second-order valence-electron chi connectivity index (χ2n) is 5.83. The lowest BCUT2D eigenvalue weighted by atomic mass is 10.1. The number of thiazole rings is 1. The van der Waals surface area contributed by atoms with Crippen molar-refractivity contribution in [2.75, 3.05) is 19.8 Å². The summed E-state index contributed by atoms with van der Waals surface area (Å²) in [6.07, 6.45) is 1.85. The Kier molecular flexibility index (Phi) is 4.64. The third kappa shape index (κ3) is 3.38. The fourth-order valence-corrected chi connectivity index (χ4v) is 3.82. The highest BCUT2D eigenvalue weighted by molar-refractivity contribution is 7.13. The fraction of sp³-hybridized carbons (Fsp3) is 0.263. The van der Waals surface area contributed by atoms with Crippen molar-refractivity contribution in [1.29, 1.82) is 0 Å². The summed E-state index contributed by atoms with van der Waals surface area (Å²) in [6, 6.07) is 16.6. The average molecular weight is 337 g/mol. The van der Waals surface area contributed by atoms with Crippen LogP contribution >= 0.6 is 11.3 Å². The molecule has 2 aromatic heterocycles. The summed E-state index contributed by atoms with van der Waals surface area (Å²) in [4.78, 5) is 11.7. The van der Waals surface area contributed by atoms with Crippen LogP contribution in [0.15, 0.2) is 60.1 Å². The number of hydrogen-bond donors (Lipinski definition) is 0. The van der Waals surface area contributed by atoms with Gasteiger partial charge in [-0.15, -0.1) is 11.3 Å². The minimum atomic E-state index is 0.189. The number of rotatable bonds is 4. The van der Waals surface area contributed by atoms with Crippen LogP contribution in [-0.2, 0) is 11.3 Å². The molecule has 0 bridgehead atoms. The van der Waals surface area contributed by atoms with Gasteiger partial charge in [-0.25, -0.2) is 4.98 Å². The summed E-state index contributed by atoms with van der Waals surface area (Å²) < 4.78 is 5.72. The minimum absolute atomic E-state index is 0.189. The number of ether oxygens (including phenoxy) is 1. The maximum Gasteiger partial charge on any atom is 0.123 e. The molecule has 5 heteroatoms. The average Bonchev–Trinajstić information content (AvgIpc) is 3.14. The van der Waals surface area contributed by atoms with E-state index in [0.717, 1.165) is 36.1 Å². The van der Waals surface area contributed by atoms with Crippen LogP contribution in [0, 0.1) is 0 Å². The SMILES string of the molecule is c1ccc(-c2nc([C@H]3COCCN3Cc3ccccn3)cs2)cc1. The van der Waals surface area contributed by atoms with Crippen LogP contribution in [0.5, 0.6) is 0 Å². The maximum atomic E-state index is 5.72. The molecule has 0 aliphatic carbocycles. The first-order chi connectivity index (χ1) is 11.9. The minimum Gasteiger partial charge on any atom is -0.378 e. The summed E-state index contributed by atoms with van der Waals surface area (Å²) in [7, 11) is 0. The van der Waals surface area contributed by atoms with Crippen molar-refractivity contribution >= 4 is 11.3 Å². The highest BCUT2D eigenvalue weighted by Gasteiger charge is 2.27. The Morgan fingerprint density at radius 1 is 1.12 bits per heavy atom. The molecular weight excluding hydrogens is 318 g/mol. The van der Waals surface area contributed by atoms with Crippen molar-refractivity contribution in [1.82, 2.24) is 14.9 Å². The molecule has 4 rings (SSSR count). The van der Waals surface area contributed by atoms with Crippen molar-refractivity contribution in [2.24, 2.45) is 0 Å². The summed E-state index contributed by atoms with van der Waals surface area (Å²) in [6.45, 7) is 3.18. The predicted octanol–water partition coefficient (Wildman–Crippen LogP) is 3.78. The summed E-state index contributed by atoms with van der Waals surface area (Å²) in [5.41, 5.74) is 3.35. The first-order valence-corrected chi connectivity index (χ1v) is 9.01. The van der Waals surface area contributed by atoms with Crippen LogP contribution in [0.4, 0.5) is 0 Å². The topological polar surface area (TPSA) is 38.2 Å². The van der Waals surface area contributed by atoms with Gasteiger partial charge in [0.2, 0.25) is 0 Å². The fourth-order valence-electron chi connectivity index (χ4n) is 2.95. The quantitative estimate of drug-likeness (QED) is 0.726. The standard InChI is InChI=1S/C19H19N3OS/c1-2-6-15(7-3-1)19-21-17(14-24-19)18-13-23-11-10-22(18)12-16-8-4-5-9-20-16/h1-9,14,18H,10-13H2/t18-/m1/s1. The predicted molar refractivity (Wildman–Crippen MR) is 95.8 cm³/mol. The number of aromatic nitrogens is 2. The van der Waals surface area contributed by atoms with Gasteiger partial charge >= 0.3 is 0 Å². The number of benzene rings is 1. The summed E-state index contributed by atoms with van der Waals surface area (Å²) in [5, 5.41) is 3.22. The number of nitrogens with zero attached hydrogens (tertiary/aromatic N) is 3. The van der Waals surface area contributed by atoms with Gasteiger partial charge in [0, 0.05) is 30.2 Å². The lowest BCUT2D eigenvalue weighted by molar-refractivity contribution is -0.0145. The van der Waals surface area contributed by atoms with E-state index in [0.29, 0.717) is 6.61 Å². The Bertz CT molecular complexity index is 776. The van der Waals surface area contributed by atoms with Crippen molar-refractivity contribution in [3.63, 3.8) is 0 Å². The van der Waals surface area contributed by atoms with E-state index < -0.39 is 0 Å². The van der Waals surface area contributed by atoms with E-state index in [2.05, 4.69) is 33.5 Å². The van der Waals surface area contributed by atoms with Crippen LogP contribution in [-0.4, -0.2) is 34.6 Å². The van der Waals surface area contributed by atoms with E-state index >= 15 is 0 Å². The van der Waals surface area contributed by atoms with Gasteiger partial charge in [0.15, 0.2) is 0 Å². The number of hydrogen-bond acceptors (Lipinski definition) is 5. The van der Waals surface area contributed by atoms with Gasteiger partial charge in [0.25, 0.3) is 0 Å². The monoisotopic (exact) mass is 337 g/mol. The molecule has 0 radical (unpaired) electrons. The van der Waals surface area contributed by atoms with Crippen LogP contribution < -0.4 is 0 Å². The van der Waals surface area contributed by atoms with E-state index in [1.165, 1.54) is 5.56 Å². The molecule has 1 aromatic carbocycles. The molecule has 1 aliphatic heterocycles. The molecule has 24 heavy (non-hydrogen) atoms. The molecule has 1 fully saturated rings. The van der Waals surface area contributed by atoms with Gasteiger partial charge in [-0.2, -0.15) is 0 Å². The second kappa shape index (κ2) is 7.21. The Hall–Kier alpha value is -2.08. The van der Waals surface area contributed by atoms with Crippen molar-refractivity contribution in [3.8, 4) is 10.6 Å². The van der Waals surface area contributed by atoms with E-state index in [-0.39, 0.29) is 6.04 Å². The van der Waals surface area contributed by atoms with Gasteiger partial charge in [0.05, 0.1) is 30.6 Å². The number of morpholine rings is 1. The largest absolute Gasteiger partial charge is 0.378 e. The Morgan fingerprint density at radius 2 is 2.00 bits per heavy atom. The lowest BCUT2D eigenvalue weighted by Gasteiger charge is -2.34. The Labute approximate surface area is 145 Å². The molecule has 3 aromatic rings. The van der Waals surface area contributed by atoms with Gasteiger partial charge in [-0.3, -0.25) is 9.88 Å².